The Bertz CT molecular complexity index is 639. The number of rotatable bonds is 1. The van der Waals surface area contributed by atoms with Crippen molar-refractivity contribution in [1.82, 2.24) is 0 Å². The van der Waals surface area contributed by atoms with E-state index in [9.17, 15) is 9.59 Å². The molecule has 20 heavy (non-hydrogen) atoms. The number of carbonyl (C=O) groups excluding carboxylic acids is 2. The van der Waals surface area contributed by atoms with Gasteiger partial charge in [-0.1, -0.05) is 28.1 Å². The molecule has 4 atom stereocenters. The van der Waals surface area contributed by atoms with Crippen LogP contribution in [0, 0.1) is 18.8 Å². The Morgan fingerprint density at radius 3 is 2.25 bits per heavy atom. The van der Waals surface area contributed by atoms with Crippen molar-refractivity contribution >= 4 is 33.4 Å². The van der Waals surface area contributed by atoms with E-state index in [0.29, 0.717) is 5.69 Å². The largest absolute Gasteiger partial charge is 0.365 e. The maximum atomic E-state index is 12.6. The van der Waals surface area contributed by atoms with E-state index < -0.39 is 0 Å². The number of amides is 2. The van der Waals surface area contributed by atoms with Gasteiger partial charge in [0.15, 0.2) is 0 Å². The molecule has 102 valence electrons. The highest BCUT2D eigenvalue weighted by atomic mass is 79.9. The van der Waals surface area contributed by atoms with Gasteiger partial charge in [-0.05, 0) is 30.7 Å². The summed E-state index contributed by atoms with van der Waals surface area (Å²) in [7, 11) is 0. The lowest BCUT2D eigenvalue weighted by atomic mass is 9.85. The third-order valence-electron chi connectivity index (χ3n) is 4.31. The summed E-state index contributed by atoms with van der Waals surface area (Å²) in [6, 6.07) is 5.52. The highest BCUT2D eigenvalue weighted by Crippen LogP contribution is 2.46. The van der Waals surface area contributed by atoms with Crippen LogP contribution >= 0.6 is 15.9 Å². The quantitative estimate of drug-likeness (QED) is 0.584. The lowest BCUT2D eigenvalue weighted by Crippen LogP contribution is -2.34. The number of anilines is 1. The SMILES string of the molecule is Cc1cc(N2C(=O)C3C4C=CC(O4)C3C2=O)ccc1Br. The average molecular weight is 334 g/mol. The molecule has 0 saturated carbocycles. The van der Waals surface area contributed by atoms with Gasteiger partial charge in [0.2, 0.25) is 11.8 Å². The number of benzene rings is 1. The molecule has 3 heterocycles. The Morgan fingerprint density at radius 1 is 1.10 bits per heavy atom. The minimum absolute atomic E-state index is 0.140. The lowest BCUT2D eigenvalue weighted by Gasteiger charge is -2.18. The third kappa shape index (κ3) is 1.45. The van der Waals surface area contributed by atoms with Crippen LogP contribution in [0.2, 0.25) is 0 Å². The molecule has 4 unspecified atom stereocenters. The second-order valence-corrected chi connectivity index (χ2v) is 6.30. The van der Waals surface area contributed by atoms with Crippen LogP contribution in [0.25, 0.3) is 0 Å². The lowest BCUT2D eigenvalue weighted by molar-refractivity contribution is -0.124. The van der Waals surface area contributed by atoms with E-state index in [1.165, 1.54) is 4.90 Å². The summed E-state index contributed by atoms with van der Waals surface area (Å²) in [6.45, 7) is 1.94. The number of ether oxygens (including phenoxy) is 1. The molecule has 3 aliphatic rings. The third-order valence-corrected chi connectivity index (χ3v) is 5.20. The zero-order chi connectivity index (χ0) is 14.0. The van der Waals surface area contributed by atoms with Gasteiger partial charge in [0, 0.05) is 4.47 Å². The standard InChI is InChI=1S/C15H12BrNO3/c1-7-6-8(2-3-9(7)16)17-14(18)12-10-4-5-11(20-10)13(12)15(17)19/h2-6,10-13H,1H3. The molecule has 4 rings (SSSR count). The number of fused-ring (bicyclic) bond motifs is 5. The van der Waals surface area contributed by atoms with Gasteiger partial charge < -0.3 is 4.74 Å². The second-order valence-electron chi connectivity index (χ2n) is 5.45. The van der Waals surface area contributed by atoms with Crippen molar-refractivity contribution in [2.45, 2.75) is 19.1 Å². The smallest absolute Gasteiger partial charge is 0.240 e. The number of hydrogen-bond acceptors (Lipinski definition) is 3. The highest BCUT2D eigenvalue weighted by molar-refractivity contribution is 9.10. The van der Waals surface area contributed by atoms with E-state index in [1.807, 2.05) is 31.2 Å². The van der Waals surface area contributed by atoms with Gasteiger partial charge in [-0.15, -0.1) is 0 Å². The van der Waals surface area contributed by atoms with E-state index >= 15 is 0 Å². The average Bonchev–Trinajstić information content (AvgIpc) is 3.08. The monoisotopic (exact) mass is 333 g/mol. The molecule has 2 bridgehead atoms. The molecule has 0 spiro atoms. The number of imide groups is 1. The summed E-state index contributed by atoms with van der Waals surface area (Å²) in [5.74, 6) is -0.972. The van der Waals surface area contributed by atoms with Crippen molar-refractivity contribution in [3.63, 3.8) is 0 Å². The molecule has 2 saturated heterocycles. The summed E-state index contributed by atoms with van der Waals surface area (Å²) in [5, 5.41) is 0. The number of halogens is 1. The fraction of sp³-hybridized carbons (Fsp3) is 0.333. The summed E-state index contributed by atoms with van der Waals surface area (Å²) >= 11 is 3.43. The van der Waals surface area contributed by atoms with E-state index in [0.717, 1.165) is 10.0 Å². The first-order chi connectivity index (χ1) is 9.58. The predicted octanol–water partition coefficient (Wildman–Crippen LogP) is 2.20. The van der Waals surface area contributed by atoms with Crippen LogP contribution < -0.4 is 4.90 Å². The molecule has 0 radical (unpaired) electrons. The van der Waals surface area contributed by atoms with Crippen LogP contribution in [0.1, 0.15) is 5.56 Å². The van der Waals surface area contributed by atoms with E-state index in [4.69, 9.17) is 4.74 Å². The van der Waals surface area contributed by atoms with Crippen molar-refractivity contribution < 1.29 is 14.3 Å². The fourth-order valence-corrected chi connectivity index (χ4v) is 3.57. The predicted molar refractivity (Wildman–Crippen MR) is 76.2 cm³/mol. The molecule has 2 fully saturated rings. The minimum Gasteiger partial charge on any atom is -0.365 e. The van der Waals surface area contributed by atoms with Crippen LogP contribution in [-0.2, 0) is 14.3 Å². The molecular formula is C15H12BrNO3. The van der Waals surface area contributed by atoms with Crippen LogP contribution in [0.5, 0.6) is 0 Å². The molecule has 0 aromatic heterocycles. The number of nitrogens with zero attached hydrogens (tertiary/aromatic N) is 1. The normalized spacial score (nSPS) is 34.2. The van der Waals surface area contributed by atoms with Gasteiger partial charge in [-0.2, -0.15) is 0 Å². The number of carbonyl (C=O) groups is 2. The fourth-order valence-electron chi connectivity index (χ4n) is 3.33. The molecule has 5 heteroatoms. The zero-order valence-electron chi connectivity index (χ0n) is 10.7. The summed E-state index contributed by atoms with van der Waals surface area (Å²) in [4.78, 5) is 26.5. The van der Waals surface area contributed by atoms with Crippen LogP contribution in [0.4, 0.5) is 5.69 Å². The van der Waals surface area contributed by atoms with Gasteiger partial charge in [-0.25, -0.2) is 4.90 Å². The first kappa shape index (κ1) is 12.3. The van der Waals surface area contributed by atoms with Gasteiger partial charge in [0.05, 0.1) is 29.7 Å². The van der Waals surface area contributed by atoms with Gasteiger partial charge in [0.25, 0.3) is 0 Å². The van der Waals surface area contributed by atoms with Crippen molar-refractivity contribution in [3.8, 4) is 0 Å². The highest BCUT2D eigenvalue weighted by Gasteiger charge is 2.60. The van der Waals surface area contributed by atoms with Gasteiger partial charge in [-0.3, -0.25) is 9.59 Å². The van der Waals surface area contributed by atoms with E-state index in [2.05, 4.69) is 15.9 Å². The molecular weight excluding hydrogens is 322 g/mol. The molecule has 2 amide bonds. The Morgan fingerprint density at radius 2 is 1.70 bits per heavy atom. The molecule has 0 aliphatic carbocycles. The summed E-state index contributed by atoms with van der Waals surface area (Å²) in [5.41, 5.74) is 1.65. The maximum Gasteiger partial charge on any atom is 0.240 e. The Balaban J connectivity index is 1.76. The zero-order valence-corrected chi connectivity index (χ0v) is 12.3. The minimum atomic E-state index is -0.346. The second kappa shape index (κ2) is 4.02. The number of hydrogen-bond donors (Lipinski definition) is 0. The summed E-state index contributed by atoms with van der Waals surface area (Å²) in [6.07, 6.45) is 3.33. The van der Waals surface area contributed by atoms with Crippen LogP contribution in [0.3, 0.4) is 0 Å². The summed E-state index contributed by atoms with van der Waals surface area (Å²) < 4.78 is 6.58. The van der Waals surface area contributed by atoms with Crippen molar-refractivity contribution in [1.29, 1.82) is 0 Å². The maximum absolute atomic E-state index is 12.6. The van der Waals surface area contributed by atoms with Gasteiger partial charge >= 0.3 is 0 Å². The van der Waals surface area contributed by atoms with E-state index in [1.54, 1.807) is 6.07 Å². The molecule has 1 aromatic rings. The Hall–Kier alpha value is -1.46. The van der Waals surface area contributed by atoms with Gasteiger partial charge in [0.1, 0.15) is 0 Å². The van der Waals surface area contributed by atoms with Crippen LogP contribution in [0.15, 0.2) is 34.8 Å². The molecule has 0 N–H and O–H groups in total. The molecule has 1 aromatic carbocycles. The van der Waals surface area contributed by atoms with Crippen molar-refractivity contribution in [2.75, 3.05) is 4.90 Å². The molecule has 4 nitrogen and oxygen atoms in total. The van der Waals surface area contributed by atoms with E-state index in [-0.39, 0.29) is 35.9 Å². The van der Waals surface area contributed by atoms with Crippen LogP contribution in [-0.4, -0.2) is 24.0 Å². The van der Waals surface area contributed by atoms with Crippen molar-refractivity contribution in [3.05, 3.63) is 40.4 Å². The topological polar surface area (TPSA) is 46.6 Å². The Kier molecular flexibility index (Phi) is 2.47. The molecule has 3 aliphatic heterocycles. The first-order valence-electron chi connectivity index (χ1n) is 6.55. The first-order valence-corrected chi connectivity index (χ1v) is 7.35. The Labute approximate surface area is 124 Å². The number of aryl methyl sites for hydroxylation is 1. The van der Waals surface area contributed by atoms with Crippen molar-refractivity contribution in [2.24, 2.45) is 11.8 Å².